The number of rotatable bonds is 2. The molecule has 2 rings (SSSR count). The van der Waals surface area contributed by atoms with Crippen molar-refractivity contribution in [2.24, 2.45) is 5.92 Å². The summed E-state index contributed by atoms with van der Waals surface area (Å²) in [5.74, 6) is -0.208. The number of benzene rings is 1. The molecule has 15 heavy (non-hydrogen) atoms. The lowest BCUT2D eigenvalue weighted by molar-refractivity contribution is 0.467. The second kappa shape index (κ2) is 4.17. The van der Waals surface area contributed by atoms with Gasteiger partial charge < -0.3 is 5.32 Å². The van der Waals surface area contributed by atoms with Gasteiger partial charge in [0.1, 0.15) is 11.6 Å². The first-order chi connectivity index (χ1) is 7.22. The smallest absolute Gasteiger partial charge is 0.146 e. The van der Waals surface area contributed by atoms with Crippen molar-refractivity contribution in [3.63, 3.8) is 0 Å². The maximum atomic E-state index is 13.5. The molecule has 0 saturated carbocycles. The van der Waals surface area contributed by atoms with Crippen LogP contribution in [0.15, 0.2) is 12.1 Å². The molecule has 1 aliphatic heterocycles. The minimum atomic E-state index is -0.346. The molecule has 82 valence electrons. The van der Waals surface area contributed by atoms with Crippen LogP contribution >= 0.6 is 0 Å². The minimum Gasteiger partial charge on any atom is -0.382 e. The van der Waals surface area contributed by atoms with E-state index in [4.69, 9.17) is 0 Å². The van der Waals surface area contributed by atoms with Gasteiger partial charge in [0.05, 0.1) is 5.69 Å². The average molecular weight is 211 g/mol. The molecule has 1 aliphatic rings. The molecular weight excluding hydrogens is 196 g/mol. The molecule has 1 unspecified atom stereocenters. The number of hydrogen-bond donors (Lipinski definition) is 1. The molecule has 3 heteroatoms. The Morgan fingerprint density at radius 3 is 2.80 bits per heavy atom. The third-order valence-corrected chi connectivity index (χ3v) is 2.96. The van der Waals surface area contributed by atoms with E-state index in [2.05, 4.69) is 12.2 Å². The van der Waals surface area contributed by atoms with Crippen molar-refractivity contribution in [1.29, 1.82) is 0 Å². The Hall–Kier alpha value is -1.12. The molecule has 0 aromatic heterocycles. The van der Waals surface area contributed by atoms with Crippen LogP contribution in [0.2, 0.25) is 0 Å². The van der Waals surface area contributed by atoms with Crippen LogP contribution in [0.5, 0.6) is 0 Å². The van der Waals surface area contributed by atoms with E-state index in [1.54, 1.807) is 0 Å². The van der Waals surface area contributed by atoms with E-state index in [0.29, 0.717) is 23.6 Å². The molecule has 0 amide bonds. The zero-order chi connectivity index (χ0) is 10.8. The van der Waals surface area contributed by atoms with Crippen LogP contribution in [0.3, 0.4) is 0 Å². The van der Waals surface area contributed by atoms with Gasteiger partial charge in [0, 0.05) is 12.1 Å². The number of nitrogens with one attached hydrogen (secondary N) is 1. The summed E-state index contributed by atoms with van der Waals surface area (Å²) in [6, 6.07) is 2.39. The van der Waals surface area contributed by atoms with Gasteiger partial charge in [-0.25, -0.2) is 8.78 Å². The predicted molar refractivity (Wildman–Crippen MR) is 56.9 cm³/mol. The summed E-state index contributed by atoms with van der Waals surface area (Å²) in [5.41, 5.74) is 0.877. The molecule has 1 aromatic rings. The molecule has 1 N–H and O–H groups in total. The van der Waals surface area contributed by atoms with Crippen LogP contribution < -0.4 is 5.32 Å². The highest BCUT2D eigenvalue weighted by Crippen LogP contribution is 2.31. The average Bonchev–Trinajstić information content (AvgIpc) is 2.24. The second-order valence-corrected chi connectivity index (χ2v) is 4.12. The molecule has 0 spiro atoms. The first kappa shape index (κ1) is 10.4. The van der Waals surface area contributed by atoms with Gasteiger partial charge in [-0.2, -0.15) is 0 Å². The number of fused-ring (bicyclic) bond motifs is 1. The van der Waals surface area contributed by atoms with Crippen molar-refractivity contribution < 1.29 is 8.78 Å². The molecular formula is C12H15F2N. The zero-order valence-electron chi connectivity index (χ0n) is 8.82. The summed E-state index contributed by atoms with van der Waals surface area (Å²) >= 11 is 0. The van der Waals surface area contributed by atoms with Crippen LogP contribution in [-0.4, -0.2) is 6.54 Å². The fraction of sp³-hybridized carbons (Fsp3) is 0.500. The Balaban J connectivity index is 2.28. The molecule has 0 radical (unpaired) electrons. The van der Waals surface area contributed by atoms with E-state index in [1.807, 2.05) is 0 Å². The van der Waals surface area contributed by atoms with Crippen LogP contribution in [0.25, 0.3) is 0 Å². The largest absolute Gasteiger partial charge is 0.382 e. The summed E-state index contributed by atoms with van der Waals surface area (Å²) in [5, 5.41) is 2.99. The molecule has 1 nitrogen and oxygen atoms in total. The monoisotopic (exact) mass is 211 g/mol. The van der Waals surface area contributed by atoms with Gasteiger partial charge in [-0.15, -0.1) is 0 Å². The molecule has 0 aliphatic carbocycles. The van der Waals surface area contributed by atoms with Gasteiger partial charge >= 0.3 is 0 Å². The number of halogens is 2. The summed E-state index contributed by atoms with van der Waals surface area (Å²) in [6.45, 7) is 2.86. The van der Waals surface area contributed by atoms with Crippen molar-refractivity contribution in [3.05, 3.63) is 29.3 Å². The van der Waals surface area contributed by atoms with Crippen molar-refractivity contribution >= 4 is 5.69 Å². The number of hydrogen-bond acceptors (Lipinski definition) is 1. The van der Waals surface area contributed by atoms with Gasteiger partial charge in [0.2, 0.25) is 0 Å². The SMILES string of the molecule is CCCC1CNc2c(F)ccc(F)c2C1. The Kier molecular flexibility index (Phi) is 2.89. The lowest BCUT2D eigenvalue weighted by Gasteiger charge is -2.26. The maximum Gasteiger partial charge on any atom is 0.146 e. The van der Waals surface area contributed by atoms with Crippen molar-refractivity contribution in [1.82, 2.24) is 0 Å². The van der Waals surface area contributed by atoms with Crippen LogP contribution in [-0.2, 0) is 6.42 Å². The van der Waals surface area contributed by atoms with Crippen molar-refractivity contribution in [2.45, 2.75) is 26.2 Å². The van der Waals surface area contributed by atoms with Gasteiger partial charge in [-0.1, -0.05) is 13.3 Å². The first-order valence-corrected chi connectivity index (χ1v) is 5.43. The van der Waals surface area contributed by atoms with Gasteiger partial charge in [0.25, 0.3) is 0 Å². The minimum absolute atomic E-state index is 0.292. The predicted octanol–water partition coefficient (Wildman–Crippen LogP) is 3.35. The molecule has 0 bridgehead atoms. The van der Waals surface area contributed by atoms with E-state index < -0.39 is 0 Å². The Bertz CT molecular complexity index is 363. The third kappa shape index (κ3) is 1.96. The highest BCUT2D eigenvalue weighted by molar-refractivity contribution is 5.55. The second-order valence-electron chi connectivity index (χ2n) is 4.12. The Morgan fingerprint density at radius 1 is 1.33 bits per heavy atom. The van der Waals surface area contributed by atoms with E-state index in [9.17, 15) is 8.78 Å². The van der Waals surface area contributed by atoms with Crippen LogP contribution in [0.4, 0.5) is 14.5 Å². The summed E-state index contributed by atoms with van der Waals surface area (Å²) in [4.78, 5) is 0. The molecule has 1 heterocycles. The van der Waals surface area contributed by atoms with Crippen LogP contribution in [0.1, 0.15) is 25.3 Å². The zero-order valence-corrected chi connectivity index (χ0v) is 8.82. The van der Waals surface area contributed by atoms with Gasteiger partial charge in [-0.05, 0) is 30.9 Å². The van der Waals surface area contributed by atoms with Gasteiger partial charge in [0.15, 0.2) is 0 Å². The maximum absolute atomic E-state index is 13.5. The molecule has 1 aromatic carbocycles. The third-order valence-electron chi connectivity index (χ3n) is 2.96. The van der Waals surface area contributed by atoms with E-state index in [-0.39, 0.29) is 11.6 Å². The fourth-order valence-electron chi connectivity index (χ4n) is 2.20. The lowest BCUT2D eigenvalue weighted by atomic mass is 9.90. The van der Waals surface area contributed by atoms with E-state index in [0.717, 1.165) is 19.4 Å². The lowest BCUT2D eigenvalue weighted by Crippen LogP contribution is -2.24. The Morgan fingerprint density at radius 2 is 2.07 bits per heavy atom. The first-order valence-electron chi connectivity index (χ1n) is 5.43. The normalized spacial score (nSPS) is 19.5. The molecule has 1 atom stereocenters. The van der Waals surface area contributed by atoms with Gasteiger partial charge in [-0.3, -0.25) is 0 Å². The van der Waals surface area contributed by atoms with E-state index in [1.165, 1.54) is 12.1 Å². The van der Waals surface area contributed by atoms with E-state index >= 15 is 0 Å². The summed E-state index contributed by atoms with van der Waals surface area (Å²) in [6.07, 6.45) is 2.79. The standard InChI is InChI=1S/C12H15F2N/c1-2-3-8-6-9-10(13)4-5-11(14)12(9)15-7-8/h4-5,8,15H,2-3,6-7H2,1H3. The summed E-state index contributed by atoms with van der Waals surface area (Å²) in [7, 11) is 0. The molecule has 0 saturated heterocycles. The van der Waals surface area contributed by atoms with Crippen molar-refractivity contribution in [2.75, 3.05) is 11.9 Å². The quantitative estimate of drug-likeness (QED) is 0.791. The van der Waals surface area contributed by atoms with Crippen LogP contribution in [0, 0.1) is 17.6 Å². The highest BCUT2D eigenvalue weighted by atomic mass is 19.1. The molecule has 0 fully saturated rings. The highest BCUT2D eigenvalue weighted by Gasteiger charge is 2.22. The summed E-state index contributed by atoms with van der Waals surface area (Å²) < 4.78 is 26.8. The Labute approximate surface area is 88.5 Å². The topological polar surface area (TPSA) is 12.0 Å². The van der Waals surface area contributed by atoms with Crippen molar-refractivity contribution in [3.8, 4) is 0 Å². The fourth-order valence-corrected chi connectivity index (χ4v) is 2.20. The number of anilines is 1.